The number of ether oxygens (including phenoxy) is 1. The van der Waals surface area contributed by atoms with E-state index in [1.807, 2.05) is 30.3 Å². The maximum absolute atomic E-state index is 11.5. The van der Waals surface area contributed by atoms with Crippen molar-refractivity contribution in [2.75, 3.05) is 6.61 Å². The number of halogens is 1. The van der Waals surface area contributed by atoms with E-state index < -0.39 is 0 Å². The van der Waals surface area contributed by atoms with Gasteiger partial charge in [0.1, 0.15) is 0 Å². The Bertz CT molecular complexity index is 598. The van der Waals surface area contributed by atoms with Gasteiger partial charge in [-0.05, 0) is 35.7 Å². The zero-order valence-corrected chi connectivity index (χ0v) is 12.6. The summed E-state index contributed by atoms with van der Waals surface area (Å²) in [4.78, 5) is 11.5. The van der Waals surface area contributed by atoms with Crippen molar-refractivity contribution in [2.24, 2.45) is 5.73 Å². The summed E-state index contributed by atoms with van der Waals surface area (Å²) in [5, 5.41) is 2.29. The average Bonchev–Trinajstić information content (AvgIpc) is 2.39. The zero-order chi connectivity index (χ0) is 13.8. The van der Waals surface area contributed by atoms with E-state index >= 15 is 0 Å². The number of fused-ring (bicyclic) bond motifs is 1. The number of rotatable bonds is 4. The molecule has 2 N–H and O–H groups in total. The molecule has 20 heavy (non-hydrogen) atoms. The number of carbonyl (C=O) groups is 1. The van der Waals surface area contributed by atoms with Gasteiger partial charge in [-0.3, -0.25) is 4.79 Å². The molecule has 0 radical (unpaired) electrons. The molecular formula is C16H20ClNO2. The molecule has 2 rings (SSSR count). The first-order valence-electron chi connectivity index (χ1n) is 6.53. The predicted molar refractivity (Wildman–Crippen MR) is 84.1 cm³/mol. The van der Waals surface area contributed by atoms with Crippen molar-refractivity contribution in [3.63, 3.8) is 0 Å². The average molecular weight is 294 g/mol. The Morgan fingerprint density at radius 3 is 2.50 bits per heavy atom. The van der Waals surface area contributed by atoms with Crippen LogP contribution in [0.3, 0.4) is 0 Å². The third kappa shape index (κ3) is 3.50. The van der Waals surface area contributed by atoms with E-state index in [1.54, 1.807) is 6.92 Å². The topological polar surface area (TPSA) is 52.3 Å². The lowest BCUT2D eigenvalue weighted by Crippen LogP contribution is -2.17. The summed E-state index contributed by atoms with van der Waals surface area (Å²) in [5.41, 5.74) is 8.35. The molecule has 1 atom stereocenters. The van der Waals surface area contributed by atoms with Gasteiger partial charge in [-0.1, -0.05) is 36.4 Å². The lowest BCUT2D eigenvalue weighted by Gasteiger charge is -2.15. The van der Waals surface area contributed by atoms with Gasteiger partial charge in [0, 0.05) is 6.04 Å². The minimum Gasteiger partial charge on any atom is -0.466 e. The van der Waals surface area contributed by atoms with Gasteiger partial charge in [0.15, 0.2) is 0 Å². The van der Waals surface area contributed by atoms with Gasteiger partial charge in [0.05, 0.1) is 13.0 Å². The van der Waals surface area contributed by atoms with E-state index in [1.165, 1.54) is 10.9 Å². The number of hydrogen-bond donors (Lipinski definition) is 1. The summed E-state index contributed by atoms with van der Waals surface area (Å²) in [5.74, 6) is -0.250. The monoisotopic (exact) mass is 293 g/mol. The van der Waals surface area contributed by atoms with E-state index in [9.17, 15) is 4.79 Å². The molecule has 0 amide bonds. The summed E-state index contributed by atoms with van der Waals surface area (Å²) >= 11 is 0. The summed E-state index contributed by atoms with van der Waals surface area (Å²) in [6.45, 7) is 4.26. The molecule has 0 heterocycles. The first-order chi connectivity index (χ1) is 9.13. The maximum atomic E-state index is 11.5. The number of benzene rings is 2. The van der Waals surface area contributed by atoms with E-state index in [4.69, 9.17) is 10.5 Å². The van der Waals surface area contributed by atoms with Crippen LogP contribution >= 0.6 is 12.4 Å². The van der Waals surface area contributed by atoms with Gasteiger partial charge in [0.2, 0.25) is 0 Å². The predicted octanol–water partition coefficient (Wildman–Crippen LogP) is 3.52. The van der Waals surface area contributed by atoms with Gasteiger partial charge < -0.3 is 10.5 Å². The molecule has 0 aromatic heterocycles. The van der Waals surface area contributed by atoms with E-state index in [2.05, 4.69) is 13.0 Å². The Labute approximate surface area is 125 Å². The van der Waals surface area contributed by atoms with Crippen LogP contribution in [0.4, 0.5) is 0 Å². The second-order valence-corrected chi connectivity index (χ2v) is 4.63. The fourth-order valence-electron chi connectivity index (χ4n) is 2.31. The van der Waals surface area contributed by atoms with Gasteiger partial charge in [-0.15, -0.1) is 12.4 Å². The van der Waals surface area contributed by atoms with Crippen molar-refractivity contribution in [3.05, 3.63) is 47.5 Å². The van der Waals surface area contributed by atoms with Crippen molar-refractivity contribution in [3.8, 4) is 0 Å². The fourth-order valence-corrected chi connectivity index (χ4v) is 2.31. The highest BCUT2D eigenvalue weighted by Gasteiger charge is 2.15. The van der Waals surface area contributed by atoms with Crippen LogP contribution in [-0.4, -0.2) is 12.6 Å². The minimum atomic E-state index is -0.329. The lowest BCUT2D eigenvalue weighted by molar-refractivity contribution is -0.143. The first-order valence-corrected chi connectivity index (χ1v) is 6.53. The van der Waals surface area contributed by atoms with Crippen LogP contribution in [0.1, 0.15) is 30.5 Å². The molecule has 0 aliphatic rings. The van der Waals surface area contributed by atoms with Crippen molar-refractivity contribution in [1.29, 1.82) is 0 Å². The molecule has 0 fully saturated rings. The van der Waals surface area contributed by atoms with Gasteiger partial charge in [-0.25, -0.2) is 0 Å². The Morgan fingerprint density at radius 1 is 1.20 bits per heavy atom. The molecule has 0 bridgehead atoms. The molecule has 2 aromatic rings. The number of carbonyl (C=O) groups excluding carboxylic acids is 1. The molecule has 4 heteroatoms. The normalized spacial score (nSPS) is 11.8. The Kier molecular flexibility index (Phi) is 5.99. The summed E-state index contributed by atoms with van der Waals surface area (Å²) < 4.78 is 4.95. The van der Waals surface area contributed by atoms with E-state index in [0.717, 1.165) is 10.9 Å². The van der Waals surface area contributed by atoms with E-state index in [-0.39, 0.29) is 30.8 Å². The van der Waals surface area contributed by atoms with Crippen LogP contribution < -0.4 is 5.73 Å². The standard InChI is InChI=1S/C16H19NO2.ClH/c1-3-19-16(18)10-15(17)14-9-8-11(2)12-6-4-5-7-13(12)14;/h4-9,15H,3,10,17H2,1-2H3;1H/t15-;/m0./s1. The number of aryl methyl sites for hydroxylation is 1. The molecule has 0 saturated heterocycles. The van der Waals surface area contributed by atoms with Crippen molar-refractivity contribution >= 4 is 29.1 Å². The molecule has 108 valence electrons. The maximum Gasteiger partial charge on any atom is 0.307 e. The van der Waals surface area contributed by atoms with Crippen LogP contribution in [0, 0.1) is 6.92 Å². The smallest absolute Gasteiger partial charge is 0.307 e. The molecule has 3 nitrogen and oxygen atoms in total. The van der Waals surface area contributed by atoms with Gasteiger partial charge in [-0.2, -0.15) is 0 Å². The number of esters is 1. The lowest BCUT2D eigenvalue weighted by atomic mass is 9.95. The van der Waals surface area contributed by atoms with Crippen molar-refractivity contribution < 1.29 is 9.53 Å². The van der Waals surface area contributed by atoms with Crippen LogP contribution in [0.25, 0.3) is 10.8 Å². The number of nitrogens with two attached hydrogens (primary N) is 1. The zero-order valence-electron chi connectivity index (χ0n) is 11.8. The Balaban J connectivity index is 0.00000200. The molecule has 0 saturated carbocycles. The largest absolute Gasteiger partial charge is 0.466 e. The summed E-state index contributed by atoms with van der Waals surface area (Å²) in [6.07, 6.45) is 0.209. The molecule has 0 spiro atoms. The SMILES string of the molecule is CCOC(=O)C[C@H](N)c1ccc(C)c2ccccc12.Cl. The van der Waals surface area contributed by atoms with Crippen molar-refractivity contribution in [2.45, 2.75) is 26.3 Å². The highest BCUT2D eigenvalue weighted by atomic mass is 35.5. The molecule has 0 aliphatic heterocycles. The highest BCUT2D eigenvalue weighted by Crippen LogP contribution is 2.27. The van der Waals surface area contributed by atoms with Crippen molar-refractivity contribution in [1.82, 2.24) is 0 Å². The van der Waals surface area contributed by atoms with Gasteiger partial charge in [0.25, 0.3) is 0 Å². The Morgan fingerprint density at radius 2 is 1.85 bits per heavy atom. The fraction of sp³-hybridized carbons (Fsp3) is 0.312. The minimum absolute atomic E-state index is 0. The van der Waals surface area contributed by atoms with Crippen LogP contribution in [-0.2, 0) is 9.53 Å². The quantitative estimate of drug-likeness (QED) is 0.878. The molecular weight excluding hydrogens is 274 g/mol. The summed E-state index contributed by atoms with van der Waals surface area (Å²) in [7, 11) is 0. The van der Waals surface area contributed by atoms with Crippen LogP contribution in [0.5, 0.6) is 0 Å². The summed E-state index contributed by atoms with van der Waals surface area (Å²) in [6, 6.07) is 11.8. The molecule has 2 aromatic carbocycles. The first kappa shape index (κ1) is 16.5. The van der Waals surface area contributed by atoms with E-state index in [0.29, 0.717) is 6.61 Å². The molecule has 0 aliphatic carbocycles. The Hall–Kier alpha value is -1.58. The third-order valence-corrected chi connectivity index (χ3v) is 3.27. The van der Waals surface area contributed by atoms with Crippen LogP contribution in [0.2, 0.25) is 0 Å². The highest BCUT2D eigenvalue weighted by molar-refractivity contribution is 5.89. The third-order valence-electron chi connectivity index (χ3n) is 3.27. The second kappa shape index (κ2) is 7.27. The van der Waals surface area contributed by atoms with Gasteiger partial charge >= 0.3 is 5.97 Å². The molecule has 0 unspecified atom stereocenters. The second-order valence-electron chi connectivity index (χ2n) is 4.63. The number of hydrogen-bond acceptors (Lipinski definition) is 3. The van der Waals surface area contributed by atoms with Crippen LogP contribution in [0.15, 0.2) is 36.4 Å².